The van der Waals surface area contributed by atoms with E-state index >= 15 is 0 Å². The minimum atomic E-state index is -0.570. The van der Waals surface area contributed by atoms with Crippen molar-refractivity contribution in [1.82, 2.24) is 4.90 Å². The van der Waals surface area contributed by atoms with E-state index in [9.17, 15) is 9.90 Å². The van der Waals surface area contributed by atoms with Crippen molar-refractivity contribution >= 4 is 5.91 Å². The molecule has 0 aromatic rings. The molecule has 5 aliphatic rings. The molecule has 1 unspecified atom stereocenters. The lowest BCUT2D eigenvalue weighted by atomic mass is 9.51. The van der Waals surface area contributed by atoms with Crippen LogP contribution in [0.2, 0.25) is 0 Å². The highest BCUT2D eigenvalue weighted by atomic mass is 16.3. The molecular formula is C18H29NO2. The topological polar surface area (TPSA) is 40.5 Å². The van der Waals surface area contributed by atoms with Crippen LogP contribution >= 0.6 is 0 Å². The van der Waals surface area contributed by atoms with Gasteiger partial charge in [-0.25, -0.2) is 0 Å². The Morgan fingerprint density at radius 1 is 1.00 bits per heavy atom. The van der Waals surface area contributed by atoms with Crippen LogP contribution in [0.1, 0.15) is 58.3 Å². The number of nitrogens with zero attached hydrogens (tertiary/aromatic N) is 1. The zero-order chi connectivity index (χ0) is 14.6. The van der Waals surface area contributed by atoms with E-state index in [0.717, 1.165) is 44.2 Å². The molecule has 1 atom stereocenters. The first kappa shape index (κ1) is 14.0. The van der Waals surface area contributed by atoms with Crippen molar-refractivity contribution in [2.45, 2.75) is 63.9 Å². The molecule has 4 saturated carbocycles. The molecule has 1 aliphatic heterocycles. The number of amides is 1. The van der Waals surface area contributed by atoms with Crippen LogP contribution in [0.3, 0.4) is 0 Å². The van der Waals surface area contributed by atoms with Crippen LogP contribution in [0.5, 0.6) is 0 Å². The fourth-order valence-corrected chi connectivity index (χ4v) is 6.02. The number of carbonyl (C=O) groups is 1. The molecule has 1 amide bonds. The SMILES string of the molecule is CC1(O)CCCN(C(=O)C2C3CC4CC(C3)CC2C4)CC1. The van der Waals surface area contributed by atoms with Crippen molar-refractivity contribution in [2.24, 2.45) is 29.6 Å². The number of rotatable bonds is 1. The first-order valence-corrected chi connectivity index (χ1v) is 9.03. The van der Waals surface area contributed by atoms with Gasteiger partial charge in [-0.1, -0.05) is 0 Å². The van der Waals surface area contributed by atoms with Gasteiger partial charge in [0.2, 0.25) is 5.91 Å². The van der Waals surface area contributed by atoms with Gasteiger partial charge in [-0.15, -0.1) is 0 Å². The first-order chi connectivity index (χ1) is 10.0. The standard InChI is InChI=1S/C18H29NO2/c1-18(21)3-2-5-19(6-4-18)17(20)16-14-8-12-7-13(10-14)11-15(16)9-12/h12-16,21H,2-11H2,1H3. The van der Waals surface area contributed by atoms with Gasteiger partial charge < -0.3 is 10.0 Å². The smallest absolute Gasteiger partial charge is 0.226 e. The lowest BCUT2D eigenvalue weighted by Crippen LogP contribution is -2.52. The summed E-state index contributed by atoms with van der Waals surface area (Å²) in [5.41, 5.74) is -0.570. The second-order valence-electron chi connectivity index (χ2n) is 8.63. The Morgan fingerprint density at radius 2 is 1.62 bits per heavy atom. The maximum atomic E-state index is 13.1. The molecule has 4 bridgehead atoms. The van der Waals surface area contributed by atoms with Gasteiger partial charge in [0.1, 0.15) is 0 Å². The molecule has 118 valence electrons. The second-order valence-corrected chi connectivity index (χ2v) is 8.63. The highest BCUT2D eigenvalue weighted by molar-refractivity contribution is 5.80. The summed E-state index contributed by atoms with van der Waals surface area (Å²) in [6.07, 6.45) is 9.23. The van der Waals surface area contributed by atoms with Gasteiger partial charge in [-0.2, -0.15) is 0 Å². The zero-order valence-corrected chi connectivity index (χ0v) is 13.3. The van der Waals surface area contributed by atoms with Crippen LogP contribution in [0, 0.1) is 29.6 Å². The molecule has 5 fully saturated rings. The van der Waals surface area contributed by atoms with Crippen molar-refractivity contribution in [1.29, 1.82) is 0 Å². The summed E-state index contributed by atoms with van der Waals surface area (Å²) >= 11 is 0. The Morgan fingerprint density at radius 3 is 2.24 bits per heavy atom. The molecule has 3 heteroatoms. The number of aliphatic hydroxyl groups is 1. The molecule has 1 N–H and O–H groups in total. The highest BCUT2D eigenvalue weighted by Crippen LogP contribution is 2.56. The molecule has 0 radical (unpaired) electrons. The molecular weight excluding hydrogens is 262 g/mol. The summed E-state index contributed by atoms with van der Waals surface area (Å²) in [6, 6.07) is 0. The van der Waals surface area contributed by atoms with E-state index < -0.39 is 5.60 Å². The van der Waals surface area contributed by atoms with Crippen LogP contribution in [0.25, 0.3) is 0 Å². The number of likely N-dealkylation sites (tertiary alicyclic amines) is 1. The second kappa shape index (κ2) is 4.97. The molecule has 0 aromatic heterocycles. The molecule has 0 spiro atoms. The summed E-state index contributed by atoms with van der Waals surface area (Å²) in [7, 11) is 0. The lowest BCUT2D eigenvalue weighted by Gasteiger charge is -2.54. The third-order valence-corrected chi connectivity index (χ3v) is 6.89. The van der Waals surface area contributed by atoms with Crippen LogP contribution < -0.4 is 0 Å². The van der Waals surface area contributed by atoms with E-state index in [1.807, 2.05) is 6.92 Å². The van der Waals surface area contributed by atoms with Gasteiger partial charge in [-0.3, -0.25) is 4.79 Å². The Labute approximate surface area is 128 Å². The fraction of sp³-hybridized carbons (Fsp3) is 0.944. The fourth-order valence-electron chi connectivity index (χ4n) is 6.02. The normalized spacial score (nSPS) is 49.2. The maximum absolute atomic E-state index is 13.1. The van der Waals surface area contributed by atoms with Crippen molar-refractivity contribution in [3.05, 3.63) is 0 Å². The molecule has 1 heterocycles. The van der Waals surface area contributed by atoms with E-state index in [-0.39, 0.29) is 0 Å². The summed E-state index contributed by atoms with van der Waals surface area (Å²) in [5, 5.41) is 10.2. The van der Waals surface area contributed by atoms with E-state index in [4.69, 9.17) is 0 Å². The third kappa shape index (κ3) is 2.52. The van der Waals surface area contributed by atoms with Crippen LogP contribution in [-0.4, -0.2) is 34.6 Å². The maximum Gasteiger partial charge on any atom is 0.226 e. The van der Waals surface area contributed by atoms with E-state index in [1.165, 1.54) is 32.1 Å². The number of hydrogen-bond acceptors (Lipinski definition) is 2. The van der Waals surface area contributed by atoms with Gasteiger partial charge >= 0.3 is 0 Å². The Kier molecular flexibility index (Phi) is 3.33. The minimum Gasteiger partial charge on any atom is -0.390 e. The largest absolute Gasteiger partial charge is 0.390 e. The number of carbonyl (C=O) groups excluding carboxylic acids is 1. The molecule has 0 aromatic carbocycles. The van der Waals surface area contributed by atoms with E-state index in [2.05, 4.69) is 4.90 Å². The van der Waals surface area contributed by atoms with Crippen molar-refractivity contribution in [2.75, 3.05) is 13.1 Å². The average Bonchev–Trinajstić information content (AvgIpc) is 2.58. The predicted molar refractivity (Wildman–Crippen MR) is 81.6 cm³/mol. The van der Waals surface area contributed by atoms with Crippen LogP contribution in [0.15, 0.2) is 0 Å². The van der Waals surface area contributed by atoms with Crippen LogP contribution in [0.4, 0.5) is 0 Å². The molecule has 4 aliphatic carbocycles. The van der Waals surface area contributed by atoms with Crippen molar-refractivity contribution in [3.63, 3.8) is 0 Å². The van der Waals surface area contributed by atoms with Gasteiger partial charge in [0.05, 0.1) is 5.60 Å². The van der Waals surface area contributed by atoms with Gasteiger partial charge in [0.15, 0.2) is 0 Å². The van der Waals surface area contributed by atoms with Gasteiger partial charge in [0.25, 0.3) is 0 Å². The summed E-state index contributed by atoms with van der Waals surface area (Å²) < 4.78 is 0. The van der Waals surface area contributed by atoms with E-state index in [1.54, 1.807) is 0 Å². The summed E-state index contributed by atoms with van der Waals surface area (Å²) in [4.78, 5) is 15.2. The molecule has 21 heavy (non-hydrogen) atoms. The first-order valence-electron chi connectivity index (χ1n) is 9.03. The Balaban J connectivity index is 1.47. The predicted octanol–water partition coefficient (Wildman–Crippen LogP) is 2.82. The molecule has 1 saturated heterocycles. The van der Waals surface area contributed by atoms with E-state index in [0.29, 0.717) is 23.7 Å². The quantitative estimate of drug-likeness (QED) is 0.807. The lowest BCUT2D eigenvalue weighted by molar-refractivity contribution is -0.149. The Bertz CT molecular complexity index is 403. The number of hydrogen-bond donors (Lipinski definition) is 1. The summed E-state index contributed by atoms with van der Waals surface area (Å²) in [5.74, 6) is 3.97. The van der Waals surface area contributed by atoms with Crippen molar-refractivity contribution < 1.29 is 9.90 Å². The average molecular weight is 291 g/mol. The monoisotopic (exact) mass is 291 g/mol. The summed E-state index contributed by atoms with van der Waals surface area (Å²) in [6.45, 7) is 3.54. The van der Waals surface area contributed by atoms with Gasteiger partial charge in [-0.05, 0) is 82.0 Å². The Hall–Kier alpha value is -0.570. The zero-order valence-electron chi connectivity index (χ0n) is 13.3. The third-order valence-electron chi connectivity index (χ3n) is 6.89. The van der Waals surface area contributed by atoms with Crippen molar-refractivity contribution in [3.8, 4) is 0 Å². The molecule has 5 rings (SSSR count). The molecule has 3 nitrogen and oxygen atoms in total. The minimum absolute atomic E-state index is 0.320. The van der Waals surface area contributed by atoms with Crippen LogP contribution in [-0.2, 0) is 4.79 Å². The highest BCUT2D eigenvalue weighted by Gasteiger charge is 2.51. The van der Waals surface area contributed by atoms with Gasteiger partial charge in [0, 0.05) is 19.0 Å².